The van der Waals surface area contributed by atoms with Crippen LogP contribution in [0.2, 0.25) is 0 Å². The lowest BCUT2D eigenvalue weighted by Gasteiger charge is -2.04. The lowest BCUT2D eigenvalue weighted by molar-refractivity contribution is -0.134. The number of hydrogen-bond donors (Lipinski definition) is 1. The summed E-state index contributed by atoms with van der Waals surface area (Å²) >= 11 is 0. The van der Waals surface area contributed by atoms with Gasteiger partial charge in [-0.1, -0.05) is 0 Å². The van der Waals surface area contributed by atoms with Gasteiger partial charge in [0.2, 0.25) is 0 Å². The maximum atomic E-state index is 9.70. The second kappa shape index (κ2) is 2.67. The summed E-state index contributed by atoms with van der Waals surface area (Å²) in [6, 6.07) is 0. The van der Waals surface area contributed by atoms with Crippen LogP contribution >= 0.6 is 0 Å². The van der Waals surface area contributed by atoms with Gasteiger partial charge in [0.05, 0.1) is 0 Å². The van der Waals surface area contributed by atoms with Gasteiger partial charge in [-0.3, -0.25) is 10.1 Å². The molecule has 1 unspecified atom stereocenters. The average molecular weight is 115 g/mol. The molecule has 0 bridgehead atoms. The number of ether oxygens (including phenoxy) is 1. The molecular weight excluding hydrogens is 106 g/mol. The van der Waals surface area contributed by atoms with Crippen molar-refractivity contribution in [2.24, 2.45) is 0 Å². The first-order chi connectivity index (χ1) is 3.93. The largest absolute Gasteiger partial charge is 0.449 e. The van der Waals surface area contributed by atoms with Gasteiger partial charge in [0.1, 0.15) is 0 Å². The highest BCUT2D eigenvalue weighted by molar-refractivity contribution is 5.37. The molecule has 1 heterocycles. The second-order valence-electron chi connectivity index (χ2n) is 1.82. The lowest BCUT2D eigenvalue weighted by atomic mass is 10.4. The van der Waals surface area contributed by atoms with E-state index in [0.717, 1.165) is 19.4 Å². The van der Waals surface area contributed by atoms with Crippen LogP contribution in [0.4, 0.5) is 0 Å². The molecule has 3 heteroatoms. The van der Waals surface area contributed by atoms with Gasteiger partial charge in [-0.15, -0.1) is 0 Å². The van der Waals surface area contributed by atoms with E-state index in [4.69, 9.17) is 0 Å². The van der Waals surface area contributed by atoms with Gasteiger partial charge >= 0.3 is 0 Å². The molecule has 0 amide bonds. The van der Waals surface area contributed by atoms with Crippen molar-refractivity contribution >= 4 is 6.47 Å². The average Bonchev–Trinajstić information content (AvgIpc) is 2.19. The highest BCUT2D eigenvalue weighted by Gasteiger charge is 2.12. The first kappa shape index (κ1) is 5.56. The Morgan fingerprint density at radius 2 is 2.62 bits per heavy atom. The summed E-state index contributed by atoms with van der Waals surface area (Å²) in [5, 5.41) is 3.00. The molecule has 8 heavy (non-hydrogen) atoms. The number of carbonyl (C=O) groups excluding carboxylic acids is 1. The predicted octanol–water partition coefficient (Wildman–Crippen LogP) is -0.131. The molecule has 0 radical (unpaired) electrons. The summed E-state index contributed by atoms with van der Waals surface area (Å²) in [5.74, 6) is 0. The molecule has 1 rings (SSSR count). The topological polar surface area (TPSA) is 38.3 Å². The van der Waals surface area contributed by atoms with E-state index in [9.17, 15) is 4.79 Å². The first-order valence-corrected chi connectivity index (χ1v) is 2.76. The molecule has 1 fully saturated rings. The molecule has 46 valence electrons. The molecule has 3 nitrogen and oxygen atoms in total. The zero-order valence-corrected chi connectivity index (χ0v) is 4.59. The van der Waals surface area contributed by atoms with Gasteiger partial charge in [0.25, 0.3) is 6.47 Å². The smallest absolute Gasteiger partial charge is 0.294 e. The van der Waals surface area contributed by atoms with Gasteiger partial charge in [0, 0.05) is 0 Å². The van der Waals surface area contributed by atoms with Crippen molar-refractivity contribution in [2.75, 3.05) is 6.54 Å². The predicted molar refractivity (Wildman–Crippen MR) is 28.2 cm³/mol. The quantitative estimate of drug-likeness (QED) is 0.509. The molecule has 0 aromatic heterocycles. The van der Waals surface area contributed by atoms with E-state index in [1.165, 1.54) is 0 Å². The molecule has 0 spiro atoms. The van der Waals surface area contributed by atoms with Crippen molar-refractivity contribution in [3.05, 3.63) is 0 Å². The fraction of sp³-hybridized carbons (Fsp3) is 0.800. The third-order valence-corrected chi connectivity index (χ3v) is 1.23. The van der Waals surface area contributed by atoms with E-state index < -0.39 is 0 Å². The Hall–Kier alpha value is -0.570. The maximum absolute atomic E-state index is 9.70. The molecule has 1 N–H and O–H groups in total. The molecule has 1 saturated heterocycles. The van der Waals surface area contributed by atoms with E-state index in [1.807, 2.05) is 0 Å². The highest BCUT2D eigenvalue weighted by atomic mass is 16.5. The molecule has 0 aliphatic carbocycles. The van der Waals surface area contributed by atoms with Crippen molar-refractivity contribution in [1.29, 1.82) is 0 Å². The Balaban J connectivity index is 2.14. The van der Waals surface area contributed by atoms with E-state index in [1.54, 1.807) is 0 Å². The van der Waals surface area contributed by atoms with Crippen LogP contribution in [0.15, 0.2) is 0 Å². The van der Waals surface area contributed by atoms with Crippen LogP contribution in [0.5, 0.6) is 0 Å². The monoisotopic (exact) mass is 115 g/mol. The molecular formula is C5H9NO2. The minimum absolute atomic E-state index is 0.00694. The standard InChI is InChI=1S/C5H9NO2/c7-4-8-5-2-1-3-6-5/h4-6H,1-3H2. The van der Waals surface area contributed by atoms with Crippen LogP contribution < -0.4 is 5.32 Å². The Morgan fingerprint density at radius 1 is 1.75 bits per heavy atom. The first-order valence-electron chi connectivity index (χ1n) is 2.76. The Bertz CT molecular complexity index is 78.5. The summed E-state index contributed by atoms with van der Waals surface area (Å²) in [6.45, 7) is 1.46. The SMILES string of the molecule is O=COC1CCCN1. The minimum Gasteiger partial charge on any atom is -0.449 e. The number of carbonyl (C=O) groups is 1. The van der Waals surface area contributed by atoms with Crippen LogP contribution in [0.25, 0.3) is 0 Å². The maximum Gasteiger partial charge on any atom is 0.294 e. The molecule has 0 aromatic carbocycles. The molecule has 0 saturated carbocycles. The van der Waals surface area contributed by atoms with Gasteiger partial charge < -0.3 is 4.74 Å². The third-order valence-electron chi connectivity index (χ3n) is 1.23. The van der Waals surface area contributed by atoms with Crippen molar-refractivity contribution in [1.82, 2.24) is 5.32 Å². The second-order valence-corrected chi connectivity index (χ2v) is 1.82. The number of hydrogen-bond acceptors (Lipinski definition) is 3. The van der Waals surface area contributed by atoms with Crippen molar-refractivity contribution in [2.45, 2.75) is 19.1 Å². The van der Waals surface area contributed by atoms with E-state index >= 15 is 0 Å². The van der Waals surface area contributed by atoms with Gasteiger partial charge in [-0.2, -0.15) is 0 Å². The van der Waals surface area contributed by atoms with Crippen molar-refractivity contribution in [3.63, 3.8) is 0 Å². The Morgan fingerprint density at radius 3 is 3.12 bits per heavy atom. The van der Waals surface area contributed by atoms with Crippen molar-refractivity contribution in [3.8, 4) is 0 Å². The fourth-order valence-corrected chi connectivity index (χ4v) is 0.836. The molecule has 1 aliphatic heterocycles. The van der Waals surface area contributed by atoms with E-state index in [2.05, 4.69) is 10.1 Å². The minimum atomic E-state index is -0.00694. The summed E-state index contributed by atoms with van der Waals surface area (Å²) in [4.78, 5) is 9.70. The van der Waals surface area contributed by atoms with Crippen LogP contribution in [0.1, 0.15) is 12.8 Å². The number of rotatable bonds is 2. The Kier molecular flexibility index (Phi) is 1.86. The summed E-state index contributed by atoms with van der Waals surface area (Å²) in [5.41, 5.74) is 0. The summed E-state index contributed by atoms with van der Waals surface area (Å²) < 4.78 is 4.61. The zero-order valence-electron chi connectivity index (χ0n) is 4.59. The molecule has 1 atom stereocenters. The Labute approximate surface area is 48.0 Å². The van der Waals surface area contributed by atoms with Crippen LogP contribution in [0.3, 0.4) is 0 Å². The van der Waals surface area contributed by atoms with Crippen LogP contribution in [0, 0.1) is 0 Å². The van der Waals surface area contributed by atoms with Crippen LogP contribution in [-0.2, 0) is 9.53 Å². The van der Waals surface area contributed by atoms with Gasteiger partial charge in [-0.05, 0) is 19.4 Å². The lowest BCUT2D eigenvalue weighted by Crippen LogP contribution is -2.23. The van der Waals surface area contributed by atoms with Gasteiger partial charge in [-0.25, -0.2) is 0 Å². The summed E-state index contributed by atoms with van der Waals surface area (Å²) in [7, 11) is 0. The zero-order chi connectivity index (χ0) is 5.82. The summed E-state index contributed by atoms with van der Waals surface area (Å²) in [6.07, 6.45) is 2.06. The number of nitrogens with one attached hydrogen (secondary N) is 1. The van der Waals surface area contributed by atoms with Gasteiger partial charge in [0.15, 0.2) is 6.23 Å². The van der Waals surface area contributed by atoms with Crippen molar-refractivity contribution < 1.29 is 9.53 Å². The van der Waals surface area contributed by atoms with E-state index in [-0.39, 0.29) is 6.23 Å². The van der Waals surface area contributed by atoms with Crippen LogP contribution in [-0.4, -0.2) is 19.2 Å². The fourth-order valence-electron chi connectivity index (χ4n) is 0.836. The normalized spacial score (nSPS) is 27.8. The van der Waals surface area contributed by atoms with E-state index in [0.29, 0.717) is 6.47 Å². The highest BCUT2D eigenvalue weighted by Crippen LogP contribution is 2.03. The third kappa shape index (κ3) is 1.20. The molecule has 1 aliphatic rings. The molecule has 0 aromatic rings.